The molecule has 0 bridgehead atoms. The minimum atomic E-state index is -3.98. The molecule has 0 fully saturated rings. The van der Waals surface area contributed by atoms with E-state index < -0.39 is 16.0 Å². The summed E-state index contributed by atoms with van der Waals surface area (Å²) in [4.78, 5) is 11.3. The van der Waals surface area contributed by atoms with Crippen molar-refractivity contribution in [2.75, 3.05) is 11.8 Å². The van der Waals surface area contributed by atoms with Gasteiger partial charge in [-0.1, -0.05) is 5.16 Å². The van der Waals surface area contributed by atoms with Gasteiger partial charge in [-0.15, -0.1) is 0 Å². The van der Waals surface area contributed by atoms with E-state index in [0.29, 0.717) is 11.5 Å². The van der Waals surface area contributed by atoms with Gasteiger partial charge in [-0.2, -0.15) is 0 Å². The standard InChI is InChI=1S/C13H14N2O6S/c1-7-12(8(2)21-14-7)15-22(18,19)9-4-5-11(16)10(6-9)13(17)20-3/h4-6,15-16H,1-3H3. The summed E-state index contributed by atoms with van der Waals surface area (Å²) in [5.41, 5.74) is 0.366. The zero-order valence-corrected chi connectivity index (χ0v) is 12.9. The molecule has 1 heterocycles. The number of carbonyl (C=O) groups excluding carboxylic acids is 1. The Morgan fingerprint density at radius 1 is 1.36 bits per heavy atom. The Morgan fingerprint density at radius 3 is 2.59 bits per heavy atom. The van der Waals surface area contributed by atoms with Crippen LogP contribution >= 0.6 is 0 Å². The molecule has 2 aromatic rings. The van der Waals surface area contributed by atoms with Gasteiger partial charge >= 0.3 is 5.97 Å². The maximum atomic E-state index is 12.4. The van der Waals surface area contributed by atoms with Crippen molar-refractivity contribution in [1.82, 2.24) is 5.16 Å². The first-order valence-corrected chi connectivity index (χ1v) is 7.61. The van der Waals surface area contributed by atoms with Gasteiger partial charge in [0.1, 0.15) is 22.7 Å². The second kappa shape index (κ2) is 5.68. The molecular formula is C13H14N2O6S. The van der Waals surface area contributed by atoms with Gasteiger partial charge in [0.15, 0.2) is 5.76 Å². The number of ether oxygens (including phenoxy) is 1. The molecule has 0 saturated heterocycles. The average molecular weight is 326 g/mol. The topological polar surface area (TPSA) is 119 Å². The first-order valence-electron chi connectivity index (χ1n) is 6.13. The second-order valence-corrected chi connectivity index (χ2v) is 6.16. The number of aryl methyl sites for hydroxylation is 2. The van der Waals surface area contributed by atoms with E-state index in [2.05, 4.69) is 14.6 Å². The molecule has 0 atom stereocenters. The van der Waals surface area contributed by atoms with Gasteiger partial charge in [0.2, 0.25) is 0 Å². The SMILES string of the molecule is COC(=O)c1cc(S(=O)(=O)Nc2c(C)noc2C)ccc1O. The molecule has 0 radical (unpaired) electrons. The first-order chi connectivity index (χ1) is 10.3. The number of anilines is 1. The number of esters is 1. The summed E-state index contributed by atoms with van der Waals surface area (Å²) in [5, 5.41) is 13.3. The predicted molar refractivity (Wildman–Crippen MR) is 76.2 cm³/mol. The van der Waals surface area contributed by atoms with E-state index in [0.717, 1.165) is 19.2 Å². The Labute approximate surface area is 126 Å². The van der Waals surface area contributed by atoms with Crippen LogP contribution in [0.5, 0.6) is 5.75 Å². The molecule has 8 nitrogen and oxygen atoms in total. The van der Waals surface area contributed by atoms with Crippen LogP contribution in [0, 0.1) is 13.8 Å². The molecule has 1 aromatic carbocycles. The number of benzene rings is 1. The number of methoxy groups -OCH3 is 1. The van der Waals surface area contributed by atoms with Gasteiger partial charge in [-0.25, -0.2) is 13.2 Å². The lowest BCUT2D eigenvalue weighted by Gasteiger charge is -2.09. The molecule has 9 heteroatoms. The fourth-order valence-electron chi connectivity index (χ4n) is 1.78. The Kier molecular flexibility index (Phi) is 4.09. The lowest BCUT2D eigenvalue weighted by atomic mass is 10.2. The first kappa shape index (κ1) is 15.8. The normalized spacial score (nSPS) is 11.2. The van der Waals surface area contributed by atoms with Crippen molar-refractivity contribution in [3.63, 3.8) is 0 Å². The summed E-state index contributed by atoms with van der Waals surface area (Å²) in [6, 6.07) is 3.30. The van der Waals surface area contributed by atoms with Gasteiger partial charge in [0.25, 0.3) is 10.0 Å². The minimum Gasteiger partial charge on any atom is -0.507 e. The van der Waals surface area contributed by atoms with Gasteiger partial charge in [-0.05, 0) is 32.0 Å². The van der Waals surface area contributed by atoms with Crippen LogP contribution in [0.4, 0.5) is 5.69 Å². The molecule has 22 heavy (non-hydrogen) atoms. The van der Waals surface area contributed by atoms with Crippen molar-refractivity contribution in [3.8, 4) is 5.75 Å². The van der Waals surface area contributed by atoms with Crippen LogP contribution in [0.1, 0.15) is 21.8 Å². The molecule has 0 spiro atoms. The number of phenolic OH excluding ortho intramolecular Hbond substituents is 1. The highest BCUT2D eigenvalue weighted by Gasteiger charge is 2.22. The predicted octanol–water partition coefficient (Wildman–Crippen LogP) is 1.58. The van der Waals surface area contributed by atoms with Crippen LogP contribution in [0.25, 0.3) is 0 Å². The Bertz CT molecular complexity index is 806. The molecular weight excluding hydrogens is 312 g/mol. The fraction of sp³-hybridized carbons (Fsp3) is 0.231. The summed E-state index contributed by atoms with van der Waals surface area (Å²) >= 11 is 0. The molecule has 2 rings (SSSR count). The van der Waals surface area contributed by atoms with Crippen LogP contribution in [-0.4, -0.2) is 31.8 Å². The minimum absolute atomic E-state index is 0.203. The monoisotopic (exact) mass is 326 g/mol. The third kappa shape index (κ3) is 2.89. The number of sulfonamides is 1. The zero-order valence-electron chi connectivity index (χ0n) is 12.1. The van der Waals surface area contributed by atoms with E-state index in [-0.39, 0.29) is 21.9 Å². The van der Waals surface area contributed by atoms with Crippen molar-refractivity contribution >= 4 is 21.7 Å². The summed E-state index contributed by atoms with van der Waals surface area (Å²) in [6.07, 6.45) is 0. The summed E-state index contributed by atoms with van der Waals surface area (Å²) in [5.74, 6) is -0.900. The van der Waals surface area contributed by atoms with E-state index in [1.165, 1.54) is 6.07 Å². The van der Waals surface area contributed by atoms with Gasteiger partial charge in [0.05, 0.1) is 12.0 Å². The number of aromatic hydroxyl groups is 1. The van der Waals surface area contributed by atoms with E-state index in [1.807, 2.05) is 0 Å². The van der Waals surface area contributed by atoms with Crippen LogP contribution in [0.2, 0.25) is 0 Å². The fourth-order valence-corrected chi connectivity index (χ4v) is 2.98. The smallest absolute Gasteiger partial charge is 0.341 e. The zero-order chi connectivity index (χ0) is 16.5. The third-order valence-electron chi connectivity index (χ3n) is 2.95. The van der Waals surface area contributed by atoms with Crippen LogP contribution < -0.4 is 4.72 Å². The largest absolute Gasteiger partial charge is 0.507 e. The molecule has 2 N–H and O–H groups in total. The molecule has 0 aliphatic rings. The average Bonchev–Trinajstić information content (AvgIpc) is 2.78. The van der Waals surface area contributed by atoms with Gasteiger partial charge < -0.3 is 14.4 Å². The van der Waals surface area contributed by atoms with Crippen molar-refractivity contribution in [2.24, 2.45) is 0 Å². The summed E-state index contributed by atoms with van der Waals surface area (Å²) in [7, 11) is -2.85. The van der Waals surface area contributed by atoms with E-state index in [9.17, 15) is 18.3 Å². The number of hydrogen-bond acceptors (Lipinski definition) is 7. The third-order valence-corrected chi connectivity index (χ3v) is 4.30. The van der Waals surface area contributed by atoms with Gasteiger partial charge in [-0.3, -0.25) is 4.72 Å². The number of nitrogens with zero attached hydrogens (tertiary/aromatic N) is 1. The molecule has 0 amide bonds. The highest BCUT2D eigenvalue weighted by Crippen LogP contribution is 2.26. The van der Waals surface area contributed by atoms with E-state index >= 15 is 0 Å². The van der Waals surface area contributed by atoms with Gasteiger partial charge in [0, 0.05) is 0 Å². The van der Waals surface area contributed by atoms with Crippen LogP contribution in [0.3, 0.4) is 0 Å². The summed E-state index contributed by atoms with van der Waals surface area (Å²) in [6.45, 7) is 3.15. The van der Waals surface area contributed by atoms with Crippen molar-refractivity contribution < 1.29 is 27.6 Å². The maximum Gasteiger partial charge on any atom is 0.341 e. The highest BCUT2D eigenvalue weighted by molar-refractivity contribution is 7.92. The highest BCUT2D eigenvalue weighted by atomic mass is 32.2. The number of phenols is 1. The van der Waals surface area contributed by atoms with Crippen molar-refractivity contribution in [3.05, 3.63) is 35.2 Å². The second-order valence-electron chi connectivity index (χ2n) is 4.48. The lowest BCUT2D eigenvalue weighted by molar-refractivity contribution is 0.0597. The number of aromatic nitrogens is 1. The maximum absolute atomic E-state index is 12.4. The number of carbonyl (C=O) groups is 1. The Balaban J connectivity index is 2.44. The molecule has 0 aliphatic carbocycles. The molecule has 0 unspecified atom stereocenters. The number of rotatable bonds is 4. The van der Waals surface area contributed by atoms with Crippen molar-refractivity contribution in [2.45, 2.75) is 18.7 Å². The molecule has 0 saturated carbocycles. The van der Waals surface area contributed by atoms with E-state index in [1.54, 1.807) is 13.8 Å². The molecule has 118 valence electrons. The quantitative estimate of drug-likeness (QED) is 0.819. The number of nitrogens with one attached hydrogen (secondary N) is 1. The van der Waals surface area contributed by atoms with Crippen LogP contribution in [-0.2, 0) is 14.8 Å². The Morgan fingerprint density at radius 2 is 2.05 bits per heavy atom. The van der Waals surface area contributed by atoms with Crippen LogP contribution in [0.15, 0.2) is 27.6 Å². The molecule has 0 aliphatic heterocycles. The molecule has 1 aromatic heterocycles. The lowest BCUT2D eigenvalue weighted by Crippen LogP contribution is -2.15. The van der Waals surface area contributed by atoms with E-state index in [4.69, 9.17) is 4.52 Å². The van der Waals surface area contributed by atoms with Crippen molar-refractivity contribution in [1.29, 1.82) is 0 Å². The number of hydrogen-bond donors (Lipinski definition) is 2. The Hall–Kier alpha value is -2.55. The summed E-state index contributed by atoms with van der Waals surface area (Å²) < 4.78 is 36.4.